The number of anilines is 1. The van der Waals surface area contributed by atoms with Crippen LogP contribution in [-0.4, -0.2) is 24.0 Å². The minimum absolute atomic E-state index is 0.336. The van der Waals surface area contributed by atoms with Gasteiger partial charge in [0, 0.05) is 7.05 Å². The molecular formula is C12H12F3N3O. The number of carbonyl (C=O) groups excluding carboxylic acids is 1. The fraction of sp³-hybridized carbons (Fsp3) is 0.333. The van der Waals surface area contributed by atoms with Gasteiger partial charge in [-0.25, -0.2) is 4.79 Å². The number of urea groups is 1. The largest absolute Gasteiger partial charge is 0.418 e. The molecular weight excluding hydrogens is 259 g/mol. The smallest absolute Gasteiger partial charge is 0.312 e. The Morgan fingerprint density at radius 1 is 1.42 bits per heavy atom. The van der Waals surface area contributed by atoms with Gasteiger partial charge in [-0.1, -0.05) is 12.1 Å². The molecule has 1 N–H and O–H groups in total. The minimum atomic E-state index is -4.55. The van der Waals surface area contributed by atoms with Gasteiger partial charge in [0.25, 0.3) is 0 Å². The summed E-state index contributed by atoms with van der Waals surface area (Å²) in [7, 11) is 1.33. The van der Waals surface area contributed by atoms with Crippen LogP contribution < -0.4 is 5.32 Å². The Labute approximate surface area is 108 Å². The SMILES string of the molecule is CC(C#N)N(C)C(=O)Nc1ccccc1C(F)(F)F. The molecule has 4 nitrogen and oxygen atoms in total. The van der Waals surface area contributed by atoms with Crippen molar-refractivity contribution in [2.75, 3.05) is 12.4 Å². The first-order valence-electron chi connectivity index (χ1n) is 5.37. The van der Waals surface area contributed by atoms with E-state index in [1.165, 1.54) is 26.1 Å². The lowest BCUT2D eigenvalue weighted by atomic mass is 10.1. The van der Waals surface area contributed by atoms with Gasteiger partial charge < -0.3 is 10.2 Å². The number of halogens is 3. The second-order valence-corrected chi connectivity index (χ2v) is 3.89. The van der Waals surface area contributed by atoms with E-state index in [0.29, 0.717) is 0 Å². The third-order valence-electron chi connectivity index (χ3n) is 2.56. The molecule has 19 heavy (non-hydrogen) atoms. The van der Waals surface area contributed by atoms with Crippen LogP contribution in [0.1, 0.15) is 12.5 Å². The maximum absolute atomic E-state index is 12.7. The standard InChI is InChI=1S/C12H12F3N3O/c1-8(7-16)18(2)11(19)17-10-6-4-3-5-9(10)12(13,14)15/h3-6,8H,1-2H3,(H,17,19). The van der Waals surface area contributed by atoms with Crippen molar-refractivity contribution in [3.05, 3.63) is 29.8 Å². The third kappa shape index (κ3) is 3.61. The average molecular weight is 271 g/mol. The summed E-state index contributed by atoms with van der Waals surface area (Å²) in [6, 6.07) is 4.97. The van der Waals surface area contributed by atoms with Crippen LogP contribution in [0.5, 0.6) is 0 Å². The van der Waals surface area contributed by atoms with E-state index < -0.39 is 23.8 Å². The molecule has 0 saturated carbocycles. The molecule has 0 aliphatic rings. The van der Waals surface area contributed by atoms with E-state index in [1.807, 2.05) is 6.07 Å². The van der Waals surface area contributed by atoms with Crippen LogP contribution in [0.25, 0.3) is 0 Å². The molecule has 0 spiro atoms. The zero-order valence-corrected chi connectivity index (χ0v) is 10.3. The Morgan fingerprint density at radius 3 is 2.53 bits per heavy atom. The highest BCUT2D eigenvalue weighted by molar-refractivity contribution is 5.90. The van der Waals surface area contributed by atoms with Crippen molar-refractivity contribution in [1.82, 2.24) is 4.90 Å². The second-order valence-electron chi connectivity index (χ2n) is 3.89. The average Bonchev–Trinajstić information content (AvgIpc) is 2.36. The van der Waals surface area contributed by atoms with Gasteiger partial charge in [-0.2, -0.15) is 18.4 Å². The molecule has 1 unspecified atom stereocenters. The molecule has 0 aromatic heterocycles. The molecule has 1 atom stereocenters. The number of amides is 2. The topological polar surface area (TPSA) is 56.1 Å². The van der Waals surface area contributed by atoms with Crippen molar-refractivity contribution >= 4 is 11.7 Å². The monoisotopic (exact) mass is 271 g/mol. The van der Waals surface area contributed by atoms with Gasteiger partial charge in [-0.3, -0.25) is 0 Å². The van der Waals surface area contributed by atoms with Crippen LogP contribution >= 0.6 is 0 Å². The van der Waals surface area contributed by atoms with Crippen molar-refractivity contribution in [2.24, 2.45) is 0 Å². The summed E-state index contributed by atoms with van der Waals surface area (Å²) < 4.78 is 38.1. The van der Waals surface area contributed by atoms with Crippen LogP contribution in [0.2, 0.25) is 0 Å². The minimum Gasteiger partial charge on any atom is -0.312 e. The molecule has 0 bridgehead atoms. The first-order valence-corrected chi connectivity index (χ1v) is 5.37. The lowest BCUT2D eigenvalue weighted by molar-refractivity contribution is -0.136. The van der Waals surface area contributed by atoms with Crippen LogP contribution in [0.15, 0.2) is 24.3 Å². The highest BCUT2D eigenvalue weighted by atomic mass is 19.4. The first kappa shape index (κ1) is 14.8. The normalized spacial score (nSPS) is 12.4. The van der Waals surface area contributed by atoms with Crippen molar-refractivity contribution in [3.8, 4) is 6.07 Å². The zero-order chi connectivity index (χ0) is 14.6. The summed E-state index contributed by atoms with van der Waals surface area (Å²) in [4.78, 5) is 12.7. The first-order chi connectivity index (χ1) is 8.77. The lowest BCUT2D eigenvalue weighted by Gasteiger charge is -2.21. The summed E-state index contributed by atoms with van der Waals surface area (Å²) in [5, 5.41) is 10.8. The van der Waals surface area contributed by atoms with E-state index in [2.05, 4.69) is 5.32 Å². The van der Waals surface area contributed by atoms with Crippen LogP contribution in [0.4, 0.5) is 23.7 Å². The van der Waals surface area contributed by atoms with E-state index in [-0.39, 0.29) is 5.69 Å². The highest BCUT2D eigenvalue weighted by Gasteiger charge is 2.33. The van der Waals surface area contributed by atoms with Gasteiger partial charge in [0.05, 0.1) is 17.3 Å². The fourth-order valence-electron chi connectivity index (χ4n) is 1.31. The Balaban J connectivity index is 2.96. The van der Waals surface area contributed by atoms with Gasteiger partial charge in [0.2, 0.25) is 0 Å². The van der Waals surface area contributed by atoms with Gasteiger partial charge in [0.15, 0.2) is 0 Å². The number of nitrogens with zero attached hydrogens (tertiary/aromatic N) is 2. The maximum atomic E-state index is 12.7. The number of carbonyl (C=O) groups is 1. The number of alkyl halides is 3. The quantitative estimate of drug-likeness (QED) is 0.898. The van der Waals surface area contributed by atoms with Crippen molar-refractivity contribution in [2.45, 2.75) is 19.1 Å². The van der Waals surface area contributed by atoms with Crippen LogP contribution in [0.3, 0.4) is 0 Å². The number of nitriles is 1. The summed E-state index contributed by atoms with van der Waals surface area (Å²) in [6.07, 6.45) is -4.55. The lowest BCUT2D eigenvalue weighted by Crippen LogP contribution is -2.37. The van der Waals surface area contributed by atoms with Gasteiger partial charge in [-0.15, -0.1) is 0 Å². The molecule has 1 aromatic carbocycles. The molecule has 0 saturated heterocycles. The molecule has 2 amide bonds. The predicted molar refractivity (Wildman–Crippen MR) is 63.3 cm³/mol. The number of benzene rings is 1. The summed E-state index contributed by atoms with van der Waals surface area (Å²) in [5.41, 5.74) is -1.27. The van der Waals surface area contributed by atoms with E-state index in [1.54, 1.807) is 0 Å². The van der Waals surface area contributed by atoms with E-state index in [9.17, 15) is 18.0 Å². The summed E-state index contributed by atoms with van der Waals surface area (Å²) in [5.74, 6) is 0. The highest BCUT2D eigenvalue weighted by Crippen LogP contribution is 2.34. The van der Waals surface area contributed by atoms with E-state index in [0.717, 1.165) is 17.0 Å². The summed E-state index contributed by atoms with van der Waals surface area (Å²) >= 11 is 0. The molecule has 0 fully saturated rings. The number of hydrogen-bond donors (Lipinski definition) is 1. The van der Waals surface area contributed by atoms with Crippen LogP contribution in [-0.2, 0) is 6.18 Å². The molecule has 0 radical (unpaired) electrons. The zero-order valence-electron chi connectivity index (χ0n) is 10.3. The Kier molecular flexibility index (Phi) is 4.38. The van der Waals surface area contributed by atoms with Crippen molar-refractivity contribution in [1.29, 1.82) is 5.26 Å². The Bertz CT molecular complexity index is 508. The fourth-order valence-corrected chi connectivity index (χ4v) is 1.31. The van der Waals surface area contributed by atoms with Gasteiger partial charge >= 0.3 is 12.2 Å². The van der Waals surface area contributed by atoms with Crippen molar-refractivity contribution < 1.29 is 18.0 Å². The van der Waals surface area contributed by atoms with Crippen molar-refractivity contribution in [3.63, 3.8) is 0 Å². The van der Waals surface area contributed by atoms with E-state index in [4.69, 9.17) is 5.26 Å². The Hall–Kier alpha value is -2.23. The predicted octanol–water partition coefficient (Wildman–Crippen LogP) is 3.08. The Morgan fingerprint density at radius 2 is 2.00 bits per heavy atom. The second kappa shape index (κ2) is 5.61. The van der Waals surface area contributed by atoms with Crippen LogP contribution in [0, 0.1) is 11.3 Å². The molecule has 0 aliphatic heterocycles. The molecule has 102 valence electrons. The van der Waals surface area contributed by atoms with E-state index >= 15 is 0 Å². The molecule has 1 rings (SSSR count). The van der Waals surface area contributed by atoms with Gasteiger partial charge in [0.1, 0.15) is 6.04 Å². The molecule has 7 heteroatoms. The number of nitrogens with one attached hydrogen (secondary N) is 1. The van der Waals surface area contributed by atoms with Gasteiger partial charge in [-0.05, 0) is 19.1 Å². The third-order valence-corrected chi connectivity index (χ3v) is 2.56. The number of para-hydroxylation sites is 1. The number of rotatable bonds is 2. The molecule has 0 aliphatic carbocycles. The molecule has 0 heterocycles. The summed E-state index contributed by atoms with van der Waals surface area (Å²) in [6.45, 7) is 1.47. The molecule has 1 aromatic rings. The maximum Gasteiger partial charge on any atom is 0.418 e. The number of hydrogen-bond acceptors (Lipinski definition) is 2.